The smallest absolute Gasteiger partial charge is 0.343 e. The van der Waals surface area contributed by atoms with Crippen molar-refractivity contribution in [1.29, 1.82) is 0 Å². The number of aromatic nitrogens is 2. The molecule has 0 saturated carbocycles. The first-order chi connectivity index (χ1) is 13.7. The minimum Gasteiger partial charge on any atom is -0.343 e. The van der Waals surface area contributed by atoms with Gasteiger partial charge in [-0.25, -0.2) is 4.98 Å². The number of anilines is 1. The van der Waals surface area contributed by atoms with Crippen LogP contribution in [0.3, 0.4) is 0 Å². The molecular formula is C19H14ClF3N4O2. The van der Waals surface area contributed by atoms with Crippen molar-refractivity contribution in [3.05, 3.63) is 71.1 Å². The van der Waals surface area contributed by atoms with Crippen LogP contribution in [0.2, 0.25) is 5.15 Å². The minimum atomic E-state index is -4.54. The number of halogens is 4. The number of rotatable bonds is 5. The average Bonchev–Trinajstić information content (AvgIpc) is 2.99. The fourth-order valence-electron chi connectivity index (χ4n) is 2.53. The third-order valence-electron chi connectivity index (χ3n) is 3.79. The molecule has 29 heavy (non-hydrogen) atoms. The van der Waals surface area contributed by atoms with Crippen molar-refractivity contribution in [3.8, 4) is 0 Å². The number of carbonyl (C=O) groups is 2. The Morgan fingerprint density at radius 1 is 1.14 bits per heavy atom. The maximum atomic E-state index is 12.3. The molecule has 1 aromatic carbocycles. The topological polar surface area (TPSA) is 75.5 Å². The van der Waals surface area contributed by atoms with Crippen molar-refractivity contribution < 1.29 is 22.8 Å². The van der Waals surface area contributed by atoms with E-state index in [1.54, 1.807) is 40.2 Å². The maximum Gasteiger partial charge on any atom is 0.405 e. The van der Waals surface area contributed by atoms with Crippen LogP contribution in [-0.2, 0) is 4.79 Å². The summed E-state index contributed by atoms with van der Waals surface area (Å²) in [4.78, 5) is 28.4. The molecule has 0 aliphatic carbocycles. The number of alkyl halides is 3. The highest BCUT2D eigenvalue weighted by molar-refractivity contribution is 6.31. The van der Waals surface area contributed by atoms with Crippen LogP contribution in [0.4, 0.5) is 18.9 Å². The number of carbonyl (C=O) groups excluding carboxylic acids is 2. The second-order valence-corrected chi connectivity index (χ2v) is 6.24. The van der Waals surface area contributed by atoms with Crippen LogP contribution in [0.25, 0.3) is 11.7 Å². The van der Waals surface area contributed by atoms with Gasteiger partial charge in [-0.2, -0.15) is 13.2 Å². The first-order valence-corrected chi connectivity index (χ1v) is 8.68. The molecule has 6 nitrogen and oxygen atoms in total. The molecule has 0 saturated heterocycles. The lowest BCUT2D eigenvalue weighted by atomic mass is 10.1. The van der Waals surface area contributed by atoms with Crippen LogP contribution in [0.1, 0.15) is 16.1 Å². The molecule has 0 fully saturated rings. The Hall–Kier alpha value is -3.33. The first kappa shape index (κ1) is 20.4. The molecule has 2 N–H and O–H groups in total. The summed E-state index contributed by atoms with van der Waals surface area (Å²) in [6, 6.07) is 11.1. The monoisotopic (exact) mass is 422 g/mol. The summed E-state index contributed by atoms with van der Waals surface area (Å²) < 4.78 is 38.6. The zero-order valence-electron chi connectivity index (χ0n) is 14.7. The van der Waals surface area contributed by atoms with Crippen LogP contribution >= 0.6 is 11.6 Å². The van der Waals surface area contributed by atoms with Crippen LogP contribution in [0, 0.1) is 0 Å². The Morgan fingerprint density at radius 2 is 1.86 bits per heavy atom. The molecule has 0 spiro atoms. The summed E-state index contributed by atoms with van der Waals surface area (Å²) in [5.74, 6) is -1.55. The van der Waals surface area contributed by atoms with E-state index in [4.69, 9.17) is 11.6 Å². The highest BCUT2D eigenvalue weighted by atomic mass is 35.5. The predicted octanol–water partition coefficient (Wildman–Crippen LogP) is 3.93. The molecule has 150 valence electrons. The van der Waals surface area contributed by atoms with Gasteiger partial charge in [-0.05, 0) is 30.3 Å². The van der Waals surface area contributed by atoms with Crippen molar-refractivity contribution in [1.82, 2.24) is 14.7 Å². The van der Waals surface area contributed by atoms with Crippen molar-refractivity contribution in [2.75, 3.05) is 11.9 Å². The van der Waals surface area contributed by atoms with E-state index in [0.717, 1.165) is 0 Å². The summed E-state index contributed by atoms with van der Waals surface area (Å²) in [6.07, 6.45) is -0.174. The SMILES string of the molecule is O=C(/C=C/c1c(Cl)nc2ccccn12)Nc1ccccc1C(=O)NCC(F)(F)F. The molecule has 0 radical (unpaired) electrons. The number of fused-ring (bicyclic) bond motifs is 1. The molecule has 0 aliphatic rings. The Labute approximate surface area is 168 Å². The Balaban J connectivity index is 1.75. The van der Waals surface area contributed by atoms with E-state index in [2.05, 4.69) is 10.3 Å². The van der Waals surface area contributed by atoms with Gasteiger partial charge in [0.05, 0.1) is 16.9 Å². The number of imidazole rings is 1. The Bertz CT molecular complexity index is 1090. The van der Waals surface area contributed by atoms with Gasteiger partial charge in [0.2, 0.25) is 5.91 Å². The number of amides is 2. The van der Waals surface area contributed by atoms with Gasteiger partial charge in [0.25, 0.3) is 5.91 Å². The van der Waals surface area contributed by atoms with Crippen molar-refractivity contribution >= 4 is 40.8 Å². The van der Waals surface area contributed by atoms with Gasteiger partial charge in [-0.3, -0.25) is 14.0 Å². The van der Waals surface area contributed by atoms with E-state index >= 15 is 0 Å². The fraction of sp³-hybridized carbons (Fsp3) is 0.105. The van der Waals surface area contributed by atoms with Gasteiger partial charge in [0, 0.05) is 12.3 Å². The van der Waals surface area contributed by atoms with Crippen LogP contribution in [0.15, 0.2) is 54.7 Å². The molecule has 2 aromatic heterocycles. The second-order valence-electron chi connectivity index (χ2n) is 5.88. The lowest BCUT2D eigenvalue weighted by Gasteiger charge is -2.11. The van der Waals surface area contributed by atoms with Gasteiger partial charge in [-0.1, -0.05) is 29.8 Å². The van der Waals surface area contributed by atoms with Crippen molar-refractivity contribution in [2.24, 2.45) is 0 Å². The highest BCUT2D eigenvalue weighted by Crippen LogP contribution is 2.20. The average molecular weight is 423 g/mol. The standard InChI is InChI=1S/C19H14ClF3N4O2/c20-17-14(27-10-4-3-7-15(27)26-17)8-9-16(28)25-13-6-2-1-5-12(13)18(29)24-11-19(21,22)23/h1-10H,11H2,(H,24,29)(H,25,28)/b9-8+. The zero-order valence-corrected chi connectivity index (χ0v) is 15.5. The van der Waals surface area contributed by atoms with Crippen molar-refractivity contribution in [3.63, 3.8) is 0 Å². The minimum absolute atomic E-state index is 0.0751. The first-order valence-electron chi connectivity index (χ1n) is 8.30. The summed E-state index contributed by atoms with van der Waals surface area (Å²) in [7, 11) is 0. The molecule has 0 atom stereocenters. The third-order valence-corrected chi connectivity index (χ3v) is 4.07. The van der Waals surface area contributed by atoms with Gasteiger partial charge in [0.15, 0.2) is 5.15 Å². The Kier molecular flexibility index (Phi) is 5.88. The number of hydrogen-bond donors (Lipinski definition) is 2. The molecule has 3 rings (SSSR count). The number of benzene rings is 1. The van der Waals surface area contributed by atoms with Gasteiger partial charge in [0.1, 0.15) is 12.2 Å². The van der Waals surface area contributed by atoms with Gasteiger partial charge < -0.3 is 10.6 Å². The lowest BCUT2D eigenvalue weighted by Crippen LogP contribution is -2.34. The summed E-state index contributed by atoms with van der Waals surface area (Å²) >= 11 is 6.09. The maximum absolute atomic E-state index is 12.3. The van der Waals surface area contributed by atoms with Gasteiger partial charge >= 0.3 is 6.18 Å². The number of nitrogens with one attached hydrogen (secondary N) is 2. The van der Waals surface area contributed by atoms with E-state index in [0.29, 0.717) is 11.3 Å². The molecule has 0 aliphatic heterocycles. The van der Waals surface area contributed by atoms with Crippen molar-refractivity contribution in [2.45, 2.75) is 6.18 Å². The number of nitrogens with zero attached hydrogens (tertiary/aromatic N) is 2. The molecule has 2 heterocycles. The van der Waals surface area contributed by atoms with E-state index in [-0.39, 0.29) is 16.4 Å². The summed E-state index contributed by atoms with van der Waals surface area (Å²) in [6.45, 7) is -1.47. The number of para-hydroxylation sites is 1. The number of hydrogen-bond acceptors (Lipinski definition) is 3. The van der Waals surface area contributed by atoms with E-state index in [9.17, 15) is 22.8 Å². The molecule has 2 amide bonds. The van der Waals surface area contributed by atoms with E-state index in [1.807, 2.05) is 0 Å². The zero-order chi connectivity index (χ0) is 21.0. The molecule has 3 aromatic rings. The molecular weight excluding hydrogens is 409 g/mol. The highest BCUT2D eigenvalue weighted by Gasteiger charge is 2.28. The predicted molar refractivity (Wildman–Crippen MR) is 103 cm³/mol. The fourth-order valence-corrected chi connectivity index (χ4v) is 2.77. The lowest BCUT2D eigenvalue weighted by molar-refractivity contribution is -0.123. The van der Waals surface area contributed by atoms with Crippen LogP contribution in [-0.4, -0.2) is 33.9 Å². The molecule has 10 heteroatoms. The summed E-state index contributed by atoms with van der Waals surface area (Å²) in [5.41, 5.74) is 1.07. The summed E-state index contributed by atoms with van der Waals surface area (Å²) in [5, 5.41) is 4.45. The Morgan fingerprint density at radius 3 is 2.62 bits per heavy atom. The second kappa shape index (κ2) is 8.36. The largest absolute Gasteiger partial charge is 0.405 e. The molecule has 0 bridgehead atoms. The van der Waals surface area contributed by atoms with E-state index in [1.165, 1.54) is 30.4 Å². The normalized spacial score (nSPS) is 11.7. The quantitative estimate of drug-likeness (QED) is 0.612. The van der Waals surface area contributed by atoms with Crippen LogP contribution < -0.4 is 10.6 Å². The van der Waals surface area contributed by atoms with Gasteiger partial charge in [-0.15, -0.1) is 0 Å². The third kappa shape index (κ3) is 5.14. The van der Waals surface area contributed by atoms with E-state index < -0.39 is 24.5 Å². The molecule has 0 unspecified atom stereocenters. The van der Waals surface area contributed by atoms with Crippen LogP contribution in [0.5, 0.6) is 0 Å². The number of pyridine rings is 1.